The molecule has 0 aliphatic carbocycles. The summed E-state index contributed by atoms with van der Waals surface area (Å²) in [6.45, 7) is 0.379. The topological polar surface area (TPSA) is 105 Å². The quantitative estimate of drug-likeness (QED) is 0.583. The van der Waals surface area contributed by atoms with E-state index in [2.05, 4.69) is 15.5 Å². The highest BCUT2D eigenvalue weighted by Crippen LogP contribution is 2.24. The Labute approximate surface area is 189 Å². The number of hydrogen-bond donors (Lipinski definition) is 1. The number of nitrogens with one attached hydrogen (secondary N) is 1. The molecule has 0 saturated carbocycles. The molecule has 1 N–H and O–H groups in total. The second-order valence-electron chi connectivity index (χ2n) is 7.39. The maximum absolute atomic E-state index is 13.1. The van der Waals surface area contributed by atoms with E-state index in [9.17, 15) is 17.6 Å². The number of halogens is 2. The van der Waals surface area contributed by atoms with Crippen molar-refractivity contribution in [2.45, 2.75) is 24.3 Å². The minimum Gasteiger partial charge on any atom is -0.347 e. The van der Waals surface area contributed by atoms with E-state index in [0.29, 0.717) is 30.2 Å². The molecule has 168 valence electrons. The monoisotopic (exact) mass is 478 g/mol. The van der Waals surface area contributed by atoms with Gasteiger partial charge in [-0.2, -0.15) is 9.29 Å². The van der Waals surface area contributed by atoms with E-state index in [1.54, 1.807) is 24.3 Å². The lowest BCUT2D eigenvalue weighted by Crippen LogP contribution is -2.45. The van der Waals surface area contributed by atoms with Gasteiger partial charge in [-0.25, -0.2) is 12.8 Å². The molecule has 1 aliphatic rings. The van der Waals surface area contributed by atoms with Crippen molar-refractivity contribution in [1.82, 2.24) is 19.8 Å². The smallest absolute Gasteiger partial charge is 0.246 e. The summed E-state index contributed by atoms with van der Waals surface area (Å²) >= 11 is 5.87. The molecule has 1 amide bonds. The van der Waals surface area contributed by atoms with Crippen molar-refractivity contribution < 1.29 is 22.1 Å². The Morgan fingerprint density at radius 1 is 1.19 bits per heavy atom. The molecule has 2 aromatic carbocycles. The standard InChI is InChI=1S/C21H20ClFN4O4S/c22-16-5-3-14(4-6-16)20-25-19(31-26-20)12-24-21(28)15-2-1-11-27(13-15)32(29,30)18-9-7-17(23)8-10-18/h3-10,15H,1-2,11-13H2,(H,24,28)/t15-/m0/s1. The fourth-order valence-corrected chi connectivity index (χ4v) is 5.13. The lowest BCUT2D eigenvalue weighted by molar-refractivity contribution is -0.126. The summed E-state index contributed by atoms with van der Waals surface area (Å²) < 4.78 is 45.3. The van der Waals surface area contributed by atoms with E-state index >= 15 is 0 Å². The minimum absolute atomic E-state index is 0.000506. The highest BCUT2D eigenvalue weighted by molar-refractivity contribution is 7.89. The van der Waals surface area contributed by atoms with E-state index in [0.717, 1.165) is 17.7 Å². The third-order valence-corrected chi connectivity index (χ3v) is 7.32. The predicted octanol–water partition coefficient (Wildman–Crippen LogP) is 3.25. The first kappa shape index (κ1) is 22.4. The van der Waals surface area contributed by atoms with Gasteiger partial charge in [0.1, 0.15) is 5.82 Å². The summed E-state index contributed by atoms with van der Waals surface area (Å²) in [5.41, 5.74) is 0.727. The van der Waals surface area contributed by atoms with Gasteiger partial charge >= 0.3 is 0 Å². The summed E-state index contributed by atoms with van der Waals surface area (Å²) in [6, 6.07) is 11.6. The van der Waals surface area contributed by atoms with Crippen molar-refractivity contribution in [3.8, 4) is 11.4 Å². The molecule has 1 saturated heterocycles. The summed E-state index contributed by atoms with van der Waals surface area (Å²) in [5.74, 6) is -0.719. The minimum atomic E-state index is -3.81. The zero-order valence-electron chi connectivity index (χ0n) is 16.9. The largest absolute Gasteiger partial charge is 0.347 e. The molecule has 32 heavy (non-hydrogen) atoms. The van der Waals surface area contributed by atoms with Crippen molar-refractivity contribution in [2.24, 2.45) is 5.92 Å². The number of carbonyl (C=O) groups excluding carboxylic acids is 1. The van der Waals surface area contributed by atoms with Crippen molar-refractivity contribution in [3.05, 3.63) is 65.3 Å². The Morgan fingerprint density at radius 3 is 2.62 bits per heavy atom. The zero-order chi connectivity index (χ0) is 22.7. The molecular formula is C21H20ClFN4O4S. The van der Waals surface area contributed by atoms with Gasteiger partial charge in [0.25, 0.3) is 0 Å². The second-order valence-corrected chi connectivity index (χ2v) is 9.77. The van der Waals surface area contributed by atoms with Crippen LogP contribution in [0.25, 0.3) is 11.4 Å². The number of hydrogen-bond acceptors (Lipinski definition) is 6. The molecule has 0 radical (unpaired) electrons. The normalized spacial score (nSPS) is 17.2. The molecule has 0 bridgehead atoms. The summed E-state index contributed by atoms with van der Waals surface area (Å²) in [4.78, 5) is 16.9. The molecule has 0 unspecified atom stereocenters. The third kappa shape index (κ3) is 4.98. The number of carbonyl (C=O) groups is 1. The SMILES string of the molecule is O=C(NCc1nc(-c2ccc(Cl)cc2)no1)[C@H]1CCCN(S(=O)(=O)c2ccc(F)cc2)C1. The molecule has 1 aromatic heterocycles. The molecule has 11 heteroatoms. The van der Waals surface area contributed by atoms with Crippen molar-refractivity contribution in [3.63, 3.8) is 0 Å². The van der Waals surface area contributed by atoms with Gasteiger partial charge < -0.3 is 9.84 Å². The Morgan fingerprint density at radius 2 is 1.91 bits per heavy atom. The van der Waals surface area contributed by atoms with Crippen LogP contribution in [0.3, 0.4) is 0 Å². The van der Waals surface area contributed by atoms with Crippen LogP contribution in [0, 0.1) is 11.7 Å². The molecule has 1 fully saturated rings. The van der Waals surface area contributed by atoms with Crippen molar-refractivity contribution >= 4 is 27.5 Å². The van der Waals surface area contributed by atoms with Crippen LogP contribution in [0.15, 0.2) is 57.9 Å². The van der Waals surface area contributed by atoms with Crippen LogP contribution in [-0.2, 0) is 21.4 Å². The van der Waals surface area contributed by atoms with Crippen LogP contribution in [0.2, 0.25) is 5.02 Å². The first-order valence-corrected chi connectivity index (χ1v) is 11.8. The maximum atomic E-state index is 13.1. The number of benzene rings is 2. The lowest BCUT2D eigenvalue weighted by Gasteiger charge is -2.31. The average Bonchev–Trinajstić information content (AvgIpc) is 3.27. The number of sulfonamides is 1. The van der Waals surface area contributed by atoms with Crippen LogP contribution in [-0.4, -0.2) is 41.9 Å². The van der Waals surface area contributed by atoms with Gasteiger partial charge in [0, 0.05) is 23.7 Å². The molecule has 1 aliphatic heterocycles. The second kappa shape index (κ2) is 9.35. The fraction of sp³-hybridized carbons (Fsp3) is 0.286. The van der Waals surface area contributed by atoms with Crippen molar-refractivity contribution in [1.29, 1.82) is 0 Å². The van der Waals surface area contributed by atoms with Gasteiger partial charge in [0.15, 0.2) is 0 Å². The van der Waals surface area contributed by atoms with E-state index in [1.165, 1.54) is 16.4 Å². The van der Waals surface area contributed by atoms with E-state index in [1.807, 2.05) is 0 Å². The Hall–Kier alpha value is -2.82. The first-order valence-electron chi connectivity index (χ1n) is 9.95. The van der Waals surface area contributed by atoms with E-state index in [4.69, 9.17) is 16.1 Å². The molecule has 2 heterocycles. The predicted molar refractivity (Wildman–Crippen MR) is 114 cm³/mol. The summed E-state index contributed by atoms with van der Waals surface area (Å²) in [5, 5.41) is 7.22. The van der Waals surface area contributed by atoms with Crippen molar-refractivity contribution in [2.75, 3.05) is 13.1 Å². The number of aromatic nitrogens is 2. The van der Waals surface area contributed by atoms with Gasteiger partial charge in [-0.15, -0.1) is 0 Å². The van der Waals surface area contributed by atoms with Gasteiger partial charge in [-0.05, 0) is 61.4 Å². The molecule has 0 spiro atoms. The number of rotatable bonds is 6. The Bertz CT molecular complexity index is 1200. The molecule has 4 rings (SSSR count). The summed E-state index contributed by atoms with van der Waals surface area (Å²) in [6.07, 6.45) is 1.10. The van der Waals surface area contributed by atoms with Crippen LogP contribution in [0.4, 0.5) is 4.39 Å². The highest BCUT2D eigenvalue weighted by Gasteiger charge is 2.33. The van der Waals surface area contributed by atoms with Crippen LogP contribution in [0.5, 0.6) is 0 Å². The van der Waals surface area contributed by atoms with Crippen LogP contribution in [0.1, 0.15) is 18.7 Å². The Balaban J connectivity index is 1.36. The number of piperidine rings is 1. The number of amides is 1. The summed E-state index contributed by atoms with van der Waals surface area (Å²) in [7, 11) is -3.81. The third-order valence-electron chi connectivity index (χ3n) is 5.19. The van der Waals surface area contributed by atoms with Crippen LogP contribution >= 0.6 is 11.6 Å². The van der Waals surface area contributed by atoms with E-state index < -0.39 is 21.8 Å². The fourth-order valence-electron chi connectivity index (χ4n) is 3.48. The molecule has 8 nitrogen and oxygen atoms in total. The molecular weight excluding hydrogens is 459 g/mol. The lowest BCUT2D eigenvalue weighted by atomic mass is 9.99. The Kier molecular flexibility index (Phi) is 6.54. The maximum Gasteiger partial charge on any atom is 0.246 e. The van der Waals surface area contributed by atoms with Gasteiger partial charge in [-0.3, -0.25) is 4.79 Å². The van der Waals surface area contributed by atoms with Gasteiger partial charge in [0.2, 0.25) is 27.6 Å². The van der Waals surface area contributed by atoms with Crippen LogP contribution < -0.4 is 5.32 Å². The van der Waals surface area contributed by atoms with E-state index in [-0.39, 0.29) is 29.8 Å². The molecule has 3 aromatic rings. The highest BCUT2D eigenvalue weighted by atomic mass is 35.5. The zero-order valence-corrected chi connectivity index (χ0v) is 18.4. The van der Waals surface area contributed by atoms with Gasteiger partial charge in [0.05, 0.1) is 17.4 Å². The average molecular weight is 479 g/mol. The molecule has 1 atom stereocenters. The number of nitrogens with zero attached hydrogens (tertiary/aromatic N) is 3. The first-order chi connectivity index (χ1) is 15.3. The van der Waals surface area contributed by atoms with Gasteiger partial charge in [-0.1, -0.05) is 16.8 Å².